The molecule has 1 heterocycles. The van der Waals surface area contributed by atoms with E-state index in [4.69, 9.17) is 0 Å². The molecule has 0 spiro atoms. The topological polar surface area (TPSA) is 57.6 Å². The van der Waals surface area contributed by atoms with Crippen molar-refractivity contribution in [1.82, 2.24) is 4.90 Å². The monoisotopic (exact) mass is 355 g/mol. The number of carbonyl (C=O) groups is 2. The molecule has 2 unspecified atom stereocenters. The van der Waals surface area contributed by atoms with Gasteiger partial charge in [-0.05, 0) is 41.2 Å². The smallest absolute Gasteiger partial charge is 0.326 e. The van der Waals surface area contributed by atoms with Crippen LogP contribution in [0.5, 0.6) is 0 Å². The molecule has 1 amide bonds. The number of carboxylic acid groups (broad SMARTS) is 1. The fourth-order valence-corrected chi connectivity index (χ4v) is 3.56. The largest absolute Gasteiger partial charge is 0.480 e. The van der Waals surface area contributed by atoms with Crippen LogP contribution in [0.2, 0.25) is 0 Å². The Morgan fingerprint density at radius 2 is 1.92 bits per heavy atom. The molecule has 3 rings (SSSR count). The summed E-state index contributed by atoms with van der Waals surface area (Å²) in [7, 11) is 0. The molecule has 0 bridgehead atoms. The number of rotatable bonds is 5. The van der Waals surface area contributed by atoms with Gasteiger partial charge in [-0.15, -0.1) is 0 Å². The van der Waals surface area contributed by atoms with Crippen LogP contribution in [0, 0.1) is 11.7 Å². The Labute approximate surface area is 152 Å². The molecule has 0 saturated heterocycles. The quantitative estimate of drug-likeness (QED) is 0.894. The normalized spacial score (nSPS) is 17.5. The van der Waals surface area contributed by atoms with Crippen molar-refractivity contribution in [2.75, 3.05) is 0 Å². The average molecular weight is 355 g/mol. The predicted molar refractivity (Wildman–Crippen MR) is 96.0 cm³/mol. The summed E-state index contributed by atoms with van der Waals surface area (Å²) in [5, 5.41) is 9.55. The third kappa shape index (κ3) is 4.10. The van der Waals surface area contributed by atoms with Crippen LogP contribution in [-0.4, -0.2) is 27.9 Å². The zero-order valence-electron chi connectivity index (χ0n) is 14.7. The van der Waals surface area contributed by atoms with E-state index in [1.165, 1.54) is 17.0 Å². The molecule has 136 valence electrons. The maximum atomic E-state index is 13.3. The summed E-state index contributed by atoms with van der Waals surface area (Å²) in [6, 6.07) is 13.1. The van der Waals surface area contributed by atoms with Gasteiger partial charge in [0.15, 0.2) is 0 Å². The summed E-state index contributed by atoms with van der Waals surface area (Å²) < 4.78 is 13.3. The summed E-state index contributed by atoms with van der Waals surface area (Å²) in [4.78, 5) is 25.9. The summed E-state index contributed by atoms with van der Waals surface area (Å²) in [6.07, 6.45) is 1.14. The number of carbonyl (C=O) groups excluding carboxylic acids is 1. The summed E-state index contributed by atoms with van der Waals surface area (Å²) >= 11 is 0. The zero-order chi connectivity index (χ0) is 18.7. The average Bonchev–Trinajstić information content (AvgIpc) is 2.60. The first-order valence-electron chi connectivity index (χ1n) is 8.77. The molecular formula is C21H22FNO3. The molecule has 0 radical (unpaired) electrons. The highest BCUT2D eigenvalue weighted by molar-refractivity contribution is 5.84. The van der Waals surface area contributed by atoms with Gasteiger partial charge in [0.2, 0.25) is 5.91 Å². The Hall–Kier alpha value is -2.69. The zero-order valence-corrected chi connectivity index (χ0v) is 14.7. The van der Waals surface area contributed by atoms with Crippen LogP contribution in [0.4, 0.5) is 4.39 Å². The standard InChI is InChI=1S/C21H22FNO3/c1-14(9-15-5-4-8-18(22)11-15)10-20(24)23-13-17-7-3-2-6-16(17)12-19(23)21(25)26/h2-8,11,14,19H,9-10,12-13H2,1H3,(H,25,26). The van der Waals surface area contributed by atoms with Crippen LogP contribution < -0.4 is 0 Å². The molecule has 0 saturated carbocycles. The van der Waals surface area contributed by atoms with E-state index in [-0.39, 0.29) is 24.1 Å². The Kier molecular flexibility index (Phi) is 5.35. The van der Waals surface area contributed by atoms with E-state index >= 15 is 0 Å². The number of hydrogen-bond donors (Lipinski definition) is 1. The molecule has 5 heteroatoms. The molecule has 0 aromatic heterocycles. The molecule has 1 aliphatic heterocycles. The van der Waals surface area contributed by atoms with Crippen LogP contribution in [-0.2, 0) is 29.0 Å². The van der Waals surface area contributed by atoms with E-state index in [9.17, 15) is 19.1 Å². The van der Waals surface area contributed by atoms with Crippen LogP contribution in [0.25, 0.3) is 0 Å². The van der Waals surface area contributed by atoms with Gasteiger partial charge < -0.3 is 10.0 Å². The van der Waals surface area contributed by atoms with Gasteiger partial charge in [-0.1, -0.05) is 43.3 Å². The first-order valence-corrected chi connectivity index (χ1v) is 8.77. The van der Waals surface area contributed by atoms with Gasteiger partial charge in [-0.3, -0.25) is 4.79 Å². The van der Waals surface area contributed by atoms with E-state index in [1.54, 1.807) is 6.07 Å². The minimum Gasteiger partial charge on any atom is -0.480 e. The van der Waals surface area contributed by atoms with E-state index in [0.717, 1.165) is 16.7 Å². The lowest BCUT2D eigenvalue weighted by molar-refractivity contribution is -0.151. The molecule has 2 aromatic rings. The minimum atomic E-state index is -0.981. The molecule has 26 heavy (non-hydrogen) atoms. The third-order valence-corrected chi connectivity index (χ3v) is 4.85. The number of carboxylic acids is 1. The molecule has 2 aromatic carbocycles. The summed E-state index contributed by atoms with van der Waals surface area (Å²) in [5.74, 6) is -1.45. The maximum absolute atomic E-state index is 13.3. The van der Waals surface area contributed by atoms with Crippen molar-refractivity contribution in [3.63, 3.8) is 0 Å². The first-order chi connectivity index (χ1) is 12.4. The van der Waals surface area contributed by atoms with Crippen molar-refractivity contribution in [1.29, 1.82) is 0 Å². The van der Waals surface area contributed by atoms with Crippen molar-refractivity contribution in [3.8, 4) is 0 Å². The number of fused-ring (bicyclic) bond motifs is 1. The van der Waals surface area contributed by atoms with Gasteiger partial charge in [0.1, 0.15) is 11.9 Å². The number of halogens is 1. The Balaban J connectivity index is 1.70. The predicted octanol–water partition coefficient (Wildman–Crippen LogP) is 3.43. The van der Waals surface area contributed by atoms with E-state index < -0.39 is 12.0 Å². The number of benzene rings is 2. The highest BCUT2D eigenvalue weighted by atomic mass is 19.1. The van der Waals surface area contributed by atoms with Crippen molar-refractivity contribution in [3.05, 3.63) is 71.0 Å². The lowest BCUT2D eigenvalue weighted by Gasteiger charge is -2.35. The van der Waals surface area contributed by atoms with Crippen molar-refractivity contribution in [2.45, 2.75) is 38.8 Å². The van der Waals surface area contributed by atoms with Gasteiger partial charge in [0, 0.05) is 19.4 Å². The SMILES string of the molecule is CC(CC(=O)N1Cc2ccccc2CC1C(=O)O)Cc1cccc(F)c1. The molecule has 2 atom stereocenters. The molecule has 0 fully saturated rings. The lowest BCUT2D eigenvalue weighted by atomic mass is 9.92. The lowest BCUT2D eigenvalue weighted by Crippen LogP contribution is -2.49. The number of amides is 1. The van der Waals surface area contributed by atoms with Gasteiger partial charge in [-0.25, -0.2) is 9.18 Å². The molecule has 4 nitrogen and oxygen atoms in total. The molecule has 1 N–H and O–H groups in total. The number of nitrogens with zero attached hydrogens (tertiary/aromatic N) is 1. The third-order valence-electron chi connectivity index (χ3n) is 4.85. The molecule has 1 aliphatic rings. The van der Waals surface area contributed by atoms with Gasteiger partial charge in [0.05, 0.1) is 0 Å². The second kappa shape index (κ2) is 7.68. The van der Waals surface area contributed by atoms with E-state index in [1.807, 2.05) is 37.3 Å². The highest BCUT2D eigenvalue weighted by Gasteiger charge is 2.34. The van der Waals surface area contributed by atoms with E-state index in [2.05, 4.69) is 0 Å². The van der Waals surface area contributed by atoms with E-state index in [0.29, 0.717) is 19.4 Å². The van der Waals surface area contributed by atoms with Crippen molar-refractivity contribution >= 4 is 11.9 Å². The van der Waals surface area contributed by atoms with Crippen LogP contribution in [0.1, 0.15) is 30.0 Å². The van der Waals surface area contributed by atoms with Crippen molar-refractivity contribution < 1.29 is 19.1 Å². The van der Waals surface area contributed by atoms with Crippen LogP contribution >= 0.6 is 0 Å². The van der Waals surface area contributed by atoms with Crippen molar-refractivity contribution in [2.24, 2.45) is 5.92 Å². The summed E-state index contributed by atoms with van der Waals surface area (Å²) in [6.45, 7) is 2.25. The Morgan fingerprint density at radius 1 is 1.19 bits per heavy atom. The van der Waals surface area contributed by atoms with Gasteiger partial charge in [0.25, 0.3) is 0 Å². The first kappa shape index (κ1) is 18.1. The fourth-order valence-electron chi connectivity index (χ4n) is 3.56. The molecule has 0 aliphatic carbocycles. The van der Waals surface area contributed by atoms with Gasteiger partial charge >= 0.3 is 5.97 Å². The maximum Gasteiger partial charge on any atom is 0.326 e. The van der Waals surface area contributed by atoms with Gasteiger partial charge in [-0.2, -0.15) is 0 Å². The van der Waals surface area contributed by atoms with Crippen LogP contribution in [0.15, 0.2) is 48.5 Å². The second-order valence-corrected chi connectivity index (χ2v) is 6.99. The number of hydrogen-bond acceptors (Lipinski definition) is 2. The Morgan fingerprint density at radius 3 is 2.62 bits per heavy atom. The second-order valence-electron chi connectivity index (χ2n) is 6.99. The Bertz CT molecular complexity index is 820. The molecular weight excluding hydrogens is 333 g/mol. The number of aliphatic carboxylic acids is 1. The fraction of sp³-hybridized carbons (Fsp3) is 0.333. The highest BCUT2D eigenvalue weighted by Crippen LogP contribution is 2.25. The minimum absolute atomic E-state index is 0.00378. The summed E-state index contributed by atoms with van der Waals surface area (Å²) in [5.41, 5.74) is 2.82. The van der Waals surface area contributed by atoms with Crippen LogP contribution in [0.3, 0.4) is 0 Å².